The van der Waals surface area contributed by atoms with E-state index in [1.807, 2.05) is 30.3 Å². The first-order valence-electron chi connectivity index (χ1n) is 7.03. The van der Waals surface area contributed by atoms with Gasteiger partial charge in [0.05, 0.1) is 18.9 Å². The Labute approximate surface area is 132 Å². The van der Waals surface area contributed by atoms with Gasteiger partial charge >= 0.3 is 5.97 Å². The topological polar surface area (TPSA) is 60.7 Å². The summed E-state index contributed by atoms with van der Waals surface area (Å²) in [4.78, 5) is 24.5. The number of carbonyl (C=O) groups is 1. The van der Waals surface area contributed by atoms with Gasteiger partial charge in [-0.3, -0.25) is 4.79 Å². The zero-order valence-electron chi connectivity index (χ0n) is 12.5. The molecule has 0 atom stereocenters. The van der Waals surface area contributed by atoms with Crippen LogP contribution in [0.15, 0.2) is 70.7 Å². The smallest absolute Gasteiger partial charge is 0.340 e. The normalized spacial score (nSPS) is 11.0. The number of nitrogens with zero attached hydrogens (tertiary/aromatic N) is 2. The molecule has 1 heterocycles. The van der Waals surface area contributed by atoms with E-state index in [0.29, 0.717) is 16.3 Å². The van der Waals surface area contributed by atoms with E-state index in [0.717, 1.165) is 10.2 Å². The first-order chi connectivity index (χ1) is 11.2. The Bertz CT molecular complexity index is 943. The summed E-state index contributed by atoms with van der Waals surface area (Å²) in [7, 11) is 1.31. The number of benzene rings is 2. The highest BCUT2D eigenvalue weighted by atomic mass is 16.5. The zero-order valence-corrected chi connectivity index (χ0v) is 12.5. The molecule has 1 aromatic heterocycles. The first kappa shape index (κ1) is 14.7. The number of fused-ring (bicyclic) bond motifs is 1. The standard InChI is InChI=1S/C18H14N2O3/c1-23-18(22)16-12-20(19-11-13-7-3-2-4-8-13)17(21)15-10-6-5-9-14(15)16/h2-12H,1H3/b19-11+. The van der Waals surface area contributed by atoms with E-state index in [9.17, 15) is 9.59 Å². The Balaban J connectivity index is 2.18. The van der Waals surface area contributed by atoms with Gasteiger partial charge < -0.3 is 4.74 Å². The van der Waals surface area contributed by atoms with Crippen molar-refractivity contribution in [3.8, 4) is 0 Å². The molecule has 0 amide bonds. The van der Waals surface area contributed by atoms with E-state index in [4.69, 9.17) is 4.74 Å². The Morgan fingerprint density at radius 3 is 2.39 bits per heavy atom. The van der Waals surface area contributed by atoms with Crippen molar-refractivity contribution in [2.75, 3.05) is 7.11 Å². The van der Waals surface area contributed by atoms with Crippen LogP contribution in [0.1, 0.15) is 15.9 Å². The summed E-state index contributed by atoms with van der Waals surface area (Å²) in [5, 5.41) is 5.14. The van der Waals surface area contributed by atoms with Crippen LogP contribution in [0.4, 0.5) is 0 Å². The van der Waals surface area contributed by atoms with Gasteiger partial charge in [-0.2, -0.15) is 5.10 Å². The molecule has 114 valence electrons. The van der Waals surface area contributed by atoms with Crippen molar-refractivity contribution < 1.29 is 9.53 Å². The summed E-state index contributed by atoms with van der Waals surface area (Å²) in [6, 6.07) is 16.3. The Morgan fingerprint density at radius 1 is 1.04 bits per heavy atom. The Hall–Kier alpha value is -3.21. The summed E-state index contributed by atoms with van der Waals surface area (Å²) in [6.45, 7) is 0. The fraction of sp³-hybridized carbons (Fsp3) is 0.0556. The van der Waals surface area contributed by atoms with Crippen LogP contribution in [0, 0.1) is 0 Å². The van der Waals surface area contributed by atoms with Crippen molar-refractivity contribution in [2.45, 2.75) is 0 Å². The van der Waals surface area contributed by atoms with Gasteiger partial charge in [0, 0.05) is 17.0 Å². The molecule has 0 aliphatic rings. The van der Waals surface area contributed by atoms with E-state index < -0.39 is 5.97 Å². The van der Waals surface area contributed by atoms with Gasteiger partial charge in [0.25, 0.3) is 5.56 Å². The van der Waals surface area contributed by atoms with Crippen molar-refractivity contribution in [3.63, 3.8) is 0 Å². The average molecular weight is 306 g/mol. The van der Waals surface area contributed by atoms with E-state index in [1.165, 1.54) is 13.3 Å². The number of ether oxygens (including phenoxy) is 1. The van der Waals surface area contributed by atoms with Gasteiger partial charge in [-0.05, 0) is 11.6 Å². The van der Waals surface area contributed by atoms with Crippen LogP contribution in [0.3, 0.4) is 0 Å². The molecule has 5 heteroatoms. The molecule has 0 bridgehead atoms. The van der Waals surface area contributed by atoms with Gasteiger partial charge in [-0.15, -0.1) is 0 Å². The third-order valence-corrected chi connectivity index (χ3v) is 3.44. The van der Waals surface area contributed by atoms with Crippen LogP contribution in [-0.2, 0) is 4.74 Å². The number of methoxy groups -OCH3 is 1. The van der Waals surface area contributed by atoms with Crippen molar-refractivity contribution in [2.24, 2.45) is 5.10 Å². The Morgan fingerprint density at radius 2 is 1.70 bits per heavy atom. The fourth-order valence-corrected chi connectivity index (χ4v) is 2.30. The van der Waals surface area contributed by atoms with E-state index in [-0.39, 0.29) is 5.56 Å². The second-order valence-corrected chi connectivity index (χ2v) is 4.88. The summed E-state index contributed by atoms with van der Waals surface area (Å²) >= 11 is 0. The molecule has 0 N–H and O–H groups in total. The van der Waals surface area contributed by atoms with E-state index >= 15 is 0 Å². The highest BCUT2D eigenvalue weighted by molar-refractivity contribution is 6.03. The third-order valence-electron chi connectivity index (χ3n) is 3.44. The van der Waals surface area contributed by atoms with Gasteiger partial charge in [-0.25, -0.2) is 9.47 Å². The lowest BCUT2D eigenvalue weighted by atomic mass is 10.1. The lowest BCUT2D eigenvalue weighted by molar-refractivity contribution is 0.0602. The van der Waals surface area contributed by atoms with E-state index in [1.54, 1.807) is 30.5 Å². The molecular weight excluding hydrogens is 292 g/mol. The molecule has 0 spiro atoms. The lowest BCUT2D eigenvalue weighted by Gasteiger charge is -2.07. The number of hydrogen-bond acceptors (Lipinski definition) is 4. The lowest BCUT2D eigenvalue weighted by Crippen LogP contribution is -2.19. The summed E-state index contributed by atoms with van der Waals surface area (Å²) in [5.41, 5.74) is 0.862. The molecule has 0 unspecified atom stereocenters. The molecule has 0 aliphatic carbocycles. The van der Waals surface area contributed by atoms with Gasteiger partial charge in [0.15, 0.2) is 0 Å². The molecule has 23 heavy (non-hydrogen) atoms. The molecule has 5 nitrogen and oxygen atoms in total. The van der Waals surface area contributed by atoms with Crippen LogP contribution >= 0.6 is 0 Å². The van der Waals surface area contributed by atoms with Crippen molar-refractivity contribution >= 4 is 23.0 Å². The predicted octanol–water partition coefficient (Wildman–Crippen LogP) is 2.67. The number of esters is 1. The SMILES string of the molecule is COC(=O)c1cn(/N=C/c2ccccc2)c(=O)c2ccccc12. The molecule has 0 fully saturated rings. The second-order valence-electron chi connectivity index (χ2n) is 4.88. The number of carbonyl (C=O) groups excluding carboxylic acids is 1. The second kappa shape index (κ2) is 6.27. The van der Waals surface area contributed by atoms with Crippen molar-refractivity contribution in [3.05, 3.63) is 82.3 Å². The van der Waals surface area contributed by atoms with Crippen LogP contribution in [-0.4, -0.2) is 24.0 Å². The summed E-state index contributed by atoms with van der Waals surface area (Å²) in [5.74, 6) is -0.509. The molecular formula is C18H14N2O3. The molecule has 3 aromatic rings. The molecule has 0 radical (unpaired) electrons. The average Bonchev–Trinajstić information content (AvgIpc) is 2.61. The number of pyridine rings is 1. The third kappa shape index (κ3) is 2.89. The monoisotopic (exact) mass is 306 g/mol. The molecule has 0 saturated carbocycles. The number of hydrogen-bond donors (Lipinski definition) is 0. The first-order valence-corrected chi connectivity index (χ1v) is 7.03. The minimum absolute atomic E-state index is 0.291. The molecule has 0 aliphatic heterocycles. The minimum Gasteiger partial charge on any atom is -0.465 e. The number of rotatable bonds is 3. The largest absolute Gasteiger partial charge is 0.465 e. The molecule has 3 rings (SSSR count). The Kier molecular flexibility index (Phi) is 4.01. The fourth-order valence-electron chi connectivity index (χ4n) is 2.30. The van der Waals surface area contributed by atoms with Gasteiger partial charge in [0.2, 0.25) is 0 Å². The van der Waals surface area contributed by atoms with Gasteiger partial charge in [0.1, 0.15) is 0 Å². The predicted molar refractivity (Wildman–Crippen MR) is 89.0 cm³/mol. The maximum atomic E-state index is 12.5. The highest BCUT2D eigenvalue weighted by Crippen LogP contribution is 2.16. The summed E-state index contributed by atoms with van der Waals surface area (Å²) < 4.78 is 5.95. The highest BCUT2D eigenvalue weighted by Gasteiger charge is 2.14. The van der Waals surface area contributed by atoms with Crippen LogP contribution < -0.4 is 5.56 Å². The maximum Gasteiger partial charge on any atom is 0.340 e. The quantitative estimate of drug-likeness (QED) is 0.552. The summed E-state index contributed by atoms with van der Waals surface area (Å²) in [6.07, 6.45) is 2.97. The van der Waals surface area contributed by atoms with Crippen molar-refractivity contribution in [1.29, 1.82) is 0 Å². The number of aromatic nitrogens is 1. The molecule has 2 aromatic carbocycles. The van der Waals surface area contributed by atoms with Crippen LogP contribution in [0.25, 0.3) is 10.8 Å². The zero-order chi connectivity index (χ0) is 16.2. The maximum absolute atomic E-state index is 12.5. The van der Waals surface area contributed by atoms with E-state index in [2.05, 4.69) is 5.10 Å². The van der Waals surface area contributed by atoms with Gasteiger partial charge in [-0.1, -0.05) is 48.5 Å². The van der Waals surface area contributed by atoms with Crippen LogP contribution in [0.2, 0.25) is 0 Å². The van der Waals surface area contributed by atoms with Crippen LogP contribution in [0.5, 0.6) is 0 Å². The minimum atomic E-state index is -0.509. The molecule has 0 saturated heterocycles. The van der Waals surface area contributed by atoms with Crippen molar-refractivity contribution in [1.82, 2.24) is 4.68 Å².